The smallest absolute Gasteiger partial charge is 0.326 e. The number of ether oxygens (including phenoxy) is 2. The van der Waals surface area contributed by atoms with Crippen molar-refractivity contribution in [2.75, 3.05) is 32.0 Å². The summed E-state index contributed by atoms with van der Waals surface area (Å²) in [6.45, 7) is 3.25. The molecule has 8 N–H and O–H groups in total. The van der Waals surface area contributed by atoms with E-state index in [4.69, 9.17) is 26.4 Å². The van der Waals surface area contributed by atoms with E-state index in [9.17, 15) is 19.4 Å². The third-order valence-corrected chi connectivity index (χ3v) is 6.77. The maximum atomic E-state index is 15.6. The van der Waals surface area contributed by atoms with Crippen molar-refractivity contribution in [2.24, 2.45) is 21.5 Å². The van der Waals surface area contributed by atoms with E-state index in [1.165, 1.54) is 30.3 Å². The SMILES string of the molecule is CC(N)=NCCCCC(Nc1ccc(Oc2c(F)cnc(Oc3cc(C(=N)N)ccc3O)c2F)c(C2=NCCN2C)c1)C(=O)O. The summed E-state index contributed by atoms with van der Waals surface area (Å²) in [7, 11) is 1.79. The van der Waals surface area contributed by atoms with Gasteiger partial charge in [0.25, 0.3) is 5.88 Å². The minimum absolute atomic E-state index is 0.0336. The summed E-state index contributed by atoms with van der Waals surface area (Å²) >= 11 is 0. The molecule has 1 unspecified atom stereocenters. The summed E-state index contributed by atoms with van der Waals surface area (Å²) < 4.78 is 41.7. The van der Waals surface area contributed by atoms with E-state index in [1.54, 1.807) is 20.0 Å². The van der Waals surface area contributed by atoms with Gasteiger partial charge in [0.1, 0.15) is 23.5 Å². The number of hydrogen-bond acceptors (Lipinski definition) is 10. The van der Waals surface area contributed by atoms with Crippen LogP contribution in [0.25, 0.3) is 0 Å². The highest BCUT2D eigenvalue weighted by molar-refractivity contribution is 6.03. The van der Waals surface area contributed by atoms with Gasteiger partial charge in [-0.15, -0.1) is 0 Å². The standard InChI is InChI=1S/C30H34F2N8O5/c1-16(33)36-10-4-3-5-21(30(42)43)39-18-7-9-23(19(14-18)28-37-11-12-40(28)2)44-26-20(31)15-38-29(25(26)32)45-24-13-17(27(34)35)6-8-22(24)41/h6-9,13-15,21,39,41H,3-5,10-12H2,1-2H3,(H2,33,36)(H3,34,35)(H,42,43). The molecule has 0 saturated carbocycles. The molecule has 238 valence electrons. The minimum Gasteiger partial charge on any atom is -0.504 e. The Morgan fingerprint density at radius 3 is 2.62 bits per heavy atom. The Bertz CT molecular complexity index is 1640. The summed E-state index contributed by atoms with van der Waals surface area (Å²) in [5.41, 5.74) is 12.0. The van der Waals surface area contributed by atoms with Crippen molar-refractivity contribution in [2.45, 2.75) is 32.2 Å². The lowest BCUT2D eigenvalue weighted by Gasteiger charge is -2.21. The number of aromatic hydroxyl groups is 1. The number of aliphatic imine (C=N–C) groups is 2. The van der Waals surface area contributed by atoms with Crippen molar-refractivity contribution in [3.05, 3.63) is 65.4 Å². The van der Waals surface area contributed by atoms with Crippen LogP contribution in [0, 0.1) is 17.0 Å². The van der Waals surface area contributed by atoms with Gasteiger partial charge in [-0.1, -0.05) is 0 Å². The van der Waals surface area contributed by atoms with Gasteiger partial charge in [0.05, 0.1) is 24.1 Å². The molecule has 15 heteroatoms. The molecule has 0 radical (unpaired) electrons. The second-order valence-electron chi connectivity index (χ2n) is 10.2. The monoisotopic (exact) mass is 624 g/mol. The molecule has 13 nitrogen and oxygen atoms in total. The molecule has 45 heavy (non-hydrogen) atoms. The summed E-state index contributed by atoms with van der Waals surface area (Å²) in [5.74, 6) is -4.99. The summed E-state index contributed by atoms with van der Waals surface area (Å²) in [5, 5.41) is 30.6. The summed E-state index contributed by atoms with van der Waals surface area (Å²) in [6.07, 6.45) is 2.28. The Morgan fingerprint density at radius 2 is 1.96 bits per heavy atom. The zero-order chi connectivity index (χ0) is 32.7. The number of nitrogen functional groups attached to an aromatic ring is 1. The number of carboxylic acid groups (broad SMARTS) is 1. The number of phenols is 1. The number of phenolic OH excluding ortho intramolecular Hbond substituents is 1. The number of anilines is 1. The molecule has 0 amide bonds. The van der Waals surface area contributed by atoms with Gasteiger partial charge >= 0.3 is 5.97 Å². The van der Waals surface area contributed by atoms with Gasteiger partial charge in [-0.2, -0.15) is 4.39 Å². The number of benzene rings is 2. The van der Waals surface area contributed by atoms with Crippen LogP contribution in [-0.4, -0.2) is 76.3 Å². The number of nitrogens with zero attached hydrogens (tertiary/aromatic N) is 4. The normalized spacial score (nSPS) is 13.7. The molecule has 4 rings (SSSR count). The molecule has 2 aromatic carbocycles. The van der Waals surface area contributed by atoms with Crippen LogP contribution < -0.4 is 26.3 Å². The van der Waals surface area contributed by atoms with Crippen LogP contribution >= 0.6 is 0 Å². The van der Waals surface area contributed by atoms with E-state index in [0.717, 1.165) is 0 Å². The highest BCUT2D eigenvalue weighted by atomic mass is 19.1. The number of pyridine rings is 1. The van der Waals surface area contributed by atoms with Crippen LogP contribution in [0.5, 0.6) is 28.9 Å². The topological polar surface area (TPSA) is 205 Å². The number of nitrogens with two attached hydrogens (primary N) is 2. The van der Waals surface area contributed by atoms with Crippen molar-refractivity contribution in [1.82, 2.24) is 9.88 Å². The third kappa shape index (κ3) is 8.13. The van der Waals surface area contributed by atoms with Gasteiger partial charge < -0.3 is 41.4 Å². The zero-order valence-electron chi connectivity index (χ0n) is 24.7. The first-order valence-electron chi connectivity index (χ1n) is 14.0. The van der Waals surface area contributed by atoms with Gasteiger partial charge in [-0.3, -0.25) is 15.4 Å². The predicted octanol–water partition coefficient (Wildman–Crippen LogP) is 4.04. The highest BCUT2D eigenvalue weighted by Crippen LogP contribution is 2.38. The van der Waals surface area contributed by atoms with Crippen LogP contribution in [0.4, 0.5) is 14.5 Å². The van der Waals surface area contributed by atoms with Crippen molar-refractivity contribution in [3.63, 3.8) is 0 Å². The first-order chi connectivity index (χ1) is 21.4. The van der Waals surface area contributed by atoms with Crippen LogP contribution in [-0.2, 0) is 4.79 Å². The number of rotatable bonds is 14. The average Bonchev–Trinajstić information content (AvgIpc) is 3.42. The largest absolute Gasteiger partial charge is 0.504 e. The molecular formula is C30H34F2N8O5. The van der Waals surface area contributed by atoms with E-state index in [0.29, 0.717) is 68.0 Å². The number of amidine groups is 3. The molecule has 0 bridgehead atoms. The molecular weight excluding hydrogens is 590 g/mol. The lowest BCUT2D eigenvalue weighted by molar-refractivity contribution is -0.138. The average molecular weight is 625 g/mol. The molecule has 0 saturated heterocycles. The molecule has 1 aliphatic rings. The van der Waals surface area contributed by atoms with Crippen LogP contribution in [0.1, 0.15) is 37.3 Å². The maximum Gasteiger partial charge on any atom is 0.326 e. The lowest BCUT2D eigenvalue weighted by atomic mass is 10.1. The molecule has 1 aromatic heterocycles. The number of carbonyl (C=O) groups is 1. The number of halogens is 2. The second-order valence-corrected chi connectivity index (χ2v) is 10.2. The predicted molar refractivity (Wildman–Crippen MR) is 165 cm³/mol. The first-order valence-corrected chi connectivity index (χ1v) is 14.0. The van der Waals surface area contributed by atoms with E-state index in [1.807, 2.05) is 4.90 Å². The number of aliphatic carboxylic acids is 1. The molecule has 0 spiro atoms. The van der Waals surface area contributed by atoms with Crippen molar-refractivity contribution in [3.8, 4) is 28.9 Å². The minimum atomic E-state index is -1.29. The van der Waals surface area contributed by atoms with Gasteiger partial charge in [0, 0.05) is 31.4 Å². The van der Waals surface area contributed by atoms with Crippen LogP contribution in [0.15, 0.2) is 52.6 Å². The third-order valence-electron chi connectivity index (χ3n) is 6.77. The number of nitrogens with one attached hydrogen (secondary N) is 2. The quantitative estimate of drug-likeness (QED) is 0.0862. The number of aromatic nitrogens is 1. The van der Waals surface area contributed by atoms with E-state index < -0.39 is 35.3 Å². The molecule has 0 fully saturated rings. The molecule has 1 atom stereocenters. The number of hydrogen-bond donors (Lipinski definition) is 6. The summed E-state index contributed by atoms with van der Waals surface area (Å²) in [4.78, 5) is 26.1. The molecule has 2 heterocycles. The first kappa shape index (κ1) is 32.4. The Hall–Kier alpha value is -5.47. The van der Waals surface area contributed by atoms with Crippen molar-refractivity contribution in [1.29, 1.82) is 5.41 Å². The Kier molecular flexibility index (Phi) is 10.3. The maximum absolute atomic E-state index is 15.6. The van der Waals surface area contributed by atoms with Crippen LogP contribution in [0.3, 0.4) is 0 Å². The zero-order valence-corrected chi connectivity index (χ0v) is 24.7. The Morgan fingerprint density at radius 1 is 1.18 bits per heavy atom. The fourth-order valence-electron chi connectivity index (χ4n) is 4.46. The number of likely N-dealkylation sites (N-methyl/N-ethyl adjacent to an activating group) is 1. The summed E-state index contributed by atoms with van der Waals surface area (Å²) in [6, 6.07) is 7.46. The Balaban J connectivity index is 1.62. The van der Waals surface area contributed by atoms with Gasteiger partial charge in [-0.25, -0.2) is 14.2 Å². The van der Waals surface area contributed by atoms with Crippen molar-refractivity contribution >= 4 is 29.2 Å². The van der Waals surface area contributed by atoms with Gasteiger partial charge in [0.15, 0.2) is 17.3 Å². The fraction of sp³-hybridized carbons (Fsp3) is 0.300. The van der Waals surface area contributed by atoms with Gasteiger partial charge in [0.2, 0.25) is 11.6 Å². The van der Waals surface area contributed by atoms with E-state index in [2.05, 4.69) is 20.3 Å². The van der Waals surface area contributed by atoms with Crippen LogP contribution in [0.2, 0.25) is 0 Å². The number of unbranched alkanes of at least 4 members (excludes halogenated alkanes) is 1. The van der Waals surface area contributed by atoms with E-state index >= 15 is 4.39 Å². The molecule has 0 aliphatic carbocycles. The van der Waals surface area contributed by atoms with Gasteiger partial charge in [-0.05, 0) is 62.6 Å². The molecule has 1 aliphatic heterocycles. The van der Waals surface area contributed by atoms with Crippen molar-refractivity contribution < 1.29 is 33.3 Å². The highest BCUT2D eigenvalue weighted by Gasteiger charge is 2.26. The molecule has 3 aromatic rings. The second kappa shape index (κ2) is 14.3. The number of carboxylic acids is 1. The lowest BCUT2D eigenvalue weighted by Crippen LogP contribution is -2.29. The Labute approximate surface area is 257 Å². The fourth-order valence-corrected chi connectivity index (χ4v) is 4.46. The van der Waals surface area contributed by atoms with E-state index in [-0.39, 0.29) is 28.6 Å².